The normalized spacial score (nSPS) is 14.7. The van der Waals surface area contributed by atoms with E-state index in [1.165, 1.54) is 12.8 Å². The predicted octanol–water partition coefficient (Wildman–Crippen LogP) is 2.44. The van der Waals surface area contributed by atoms with E-state index < -0.39 is 0 Å². The third-order valence-electron chi connectivity index (χ3n) is 2.32. The van der Waals surface area contributed by atoms with E-state index in [4.69, 9.17) is 4.74 Å². The van der Waals surface area contributed by atoms with Gasteiger partial charge in [0.15, 0.2) is 0 Å². The van der Waals surface area contributed by atoms with Crippen molar-refractivity contribution >= 4 is 11.7 Å². The molecule has 3 heteroatoms. The molecule has 0 radical (unpaired) electrons. The number of carbonyl (C=O) groups is 1. The van der Waals surface area contributed by atoms with Crippen LogP contribution in [-0.2, 0) is 4.74 Å². The lowest BCUT2D eigenvalue weighted by molar-refractivity contribution is 0.0526. The van der Waals surface area contributed by atoms with Crippen LogP contribution in [0.15, 0.2) is 24.3 Å². The highest BCUT2D eigenvalue weighted by atomic mass is 16.5. The highest BCUT2D eigenvalue weighted by Gasteiger charge is 2.20. The first-order valence-electron chi connectivity index (χ1n) is 5.33. The summed E-state index contributed by atoms with van der Waals surface area (Å²) in [5.74, 6) is -0.253. The van der Waals surface area contributed by atoms with Crippen molar-refractivity contribution in [3.63, 3.8) is 0 Å². The van der Waals surface area contributed by atoms with Crippen LogP contribution in [-0.4, -0.2) is 18.6 Å². The Bertz CT molecular complexity index is 358. The average Bonchev–Trinajstić information content (AvgIpc) is 3.03. The number of nitrogens with one attached hydrogen (secondary N) is 1. The lowest BCUT2D eigenvalue weighted by Gasteiger charge is -2.06. The first-order chi connectivity index (χ1) is 7.29. The van der Waals surface area contributed by atoms with E-state index in [2.05, 4.69) is 5.32 Å². The lowest BCUT2D eigenvalue weighted by atomic mass is 10.2. The summed E-state index contributed by atoms with van der Waals surface area (Å²) in [7, 11) is 0. The molecular weight excluding hydrogens is 190 g/mol. The number of hydrogen-bond donors (Lipinski definition) is 1. The first kappa shape index (κ1) is 10.0. The van der Waals surface area contributed by atoms with Crippen LogP contribution in [0, 0.1) is 0 Å². The molecule has 0 heterocycles. The van der Waals surface area contributed by atoms with Gasteiger partial charge in [-0.15, -0.1) is 0 Å². The molecule has 80 valence electrons. The molecule has 0 spiro atoms. The Morgan fingerprint density at radius 3 is 3.00 bits per heavy atom. The summed E-state index contributed by atoms with van der Waals surface area (Å²) in [4.78, 5) is 11.4. The Morgan fingerprint density at radius 1 is 1.53 bits per heavy atom. The van der Waals surface area contributed by atoms with Crippen molar-refractivity contribution < 1.29 is 9.53 Å². The third kappa shape index (κ3) is 2.72. The predicted molar refractivity (Wildman–Crippen MR) is 59.0 cm³/mol. The molecule has 0 saturated heterocycles. The van der Waals surface area contributed by atoms with Gasteiger partial charge in [-0.1, -0.05) is 6.07 Å². The van der Waals surface area contributed by atoms with Crippen molar-refractivity contribution in [2.45, 2.75) is 25.8 Å². The van der Waals surface area contributed by atoms with Crippen LogP contribution in [0.25, 0.3) is 0 Å². The van der Waals surface area contributed by atoms with Gasteiger partial charge in [-0.25, -0.2) is 4.79 Å². The van der Waals surface area contributed by atoms with E-state index >= 15 is 0 Å². The van der Waals surface area contributed by atoms with Gasteiger partial charge in [-0.05, 0) is 38.0 Å². The molecule has 1 saturated carbocycles. The van der Waals surface area contributed by atoms with E-state index in [1.54, 1.807) is 6.07 Å². The van der Waals surface area contributed by atoms with Crippen LogP contribution in [0.1, 0.15) is 30.1 Å². The molecule has 0 bridgehead atoms. The van der Waals surface area contributed by atoms with Crippen LogP contribution >= 0.6 is 0 Å². The van der Waals surface area contributed by atoms with E-state index in [-0.39, 0.29) is 5.97 Å². The zero-order valence-electron chi connectivity index (χ0n) is 8.82. The minimum absolute atomic E-state index is 0.253. The maximum Gasteiger partial charge on any atom is 0.338 e. The second-order valence-corrected chi connectivity index (χ2v) is 3.72. The molecule has 0 amide bonds. The maximum absolute atomic E-state index is 11.4. The summed E-state index contributed by atoms with van der Waals surface area (Å²) in [6.07, 6.45) is 2.45. The summed E-state index contributed by atoms with van der Waals surface area (Å²) >= 11 is 0. The van der Waals surface area contributed by atoms with Gasteiger partial charge in [-0.3, -0.25) is 0 Å². The van der Waals surface area contributed by atoms with Crippen LogP contribution < -0.4 is 5.32 Å². The number of benzene rings is 1. The van der Waals surface area contributed by atoms with Crippen molar-refractivity contribution in [2.24, 2.45) is 0 Å². The van der Waals surface area contributed by atoms with Gasteiger partial charge >= 0.3 is 5.97 Å². The van der Waals surface area contributed by atoms with Crippen molar-refractivity contribution in [2.75, 3.05) is 11.9 Å². The summed E-state index contributed by atoms with van der Waals surface area (Å²) < 4.78 is 4.94. The molecule has 0 unspecified atom stereocenters. The molecule has 15 heavy (non-hydrogen) atoms. The number of anilines is 1. The van der Waals surface area contributed by atoms with E-state index in [0.717, 1.165) is 5.69 Å². The van der Waals surface area contributed by atoms with Crippen molar-refractivity contribution in [1.29, 1.82) is 0 Å². The summed E-state index contributed by atoms with van der Waals surface area (Å²) in [5.41, 5.74) is 1.62. The molecule has 0 aromatic heterocycles. The van der Waals surface area contributed by atoms with Crippen LogP contribution in [0.3, 0.4) is 0 Å². The number of esters is 1. The zero-order valence-corrected chi connectivity index (χ0v) is 8.82. The van der Waals surface area contributed by atoms with E-state index in [1.807, 2.05) is 25.1 Å². The Kier molecular flexibility index (Phi) is 2.90. The minimum Gasteiger partial charge on any atom is -0.462 e. The van der Waals surface area contributed by atoms with Gasteiger partial charge in [0, 0.05) is 11.7 Å². The highest BCUT2D eigenvalue weighted by molar-refractivity contribution is 5.90. The van der Waals surface area contributed by atoms with Gasteiger partial charge in [-0.2, -0.15) is 0 Å². The molecule has 1 aromatic carbocycles. The van der Waals surface area contributed by atoms with Gasteiger partial charge < -0.3 is 10.1 Å². The summed E-state index contributed by atoms with van der Waals surface area (Å²) in [6.45, 7) is 2.23. The standard InChI is InChI=1S/C12H15NO2/c1-2-15-12(14)9-4-3-5-11(8-9)13-10-6-7-10/h3-5,8,10,13H,2,6-7H2,1H3. The zero-order chi connectivity index (χ0) is 10.7. The van der Waals surface area contributed by atoms with Gasteiger partial charge in [0.2, 0.25) is 0 Å². The van der Waals surface area contributed by atoms with Crippen molar-refractivity contribution in [1.82, 2.24) is 0 Å². The van der Waals surface area contributed by atoms with E-state index in [9.17, 15) is 4.79 Å². The number of carbonyl (C=O) groups excluding carboxylic acids is 1. The topological polar surface area (TPSA) is 38.3 Å². The smallest absolute Gasteiger partial charge is 0.338 e. The van der Waals surface area contributed by atoms with Gasteiger partial charge in [0.1, 0.15) is 0 Å². The third-order valence-corrected chi connectivity index (χ3v) is 2.32. The quantitative estimate of drug-likeness (QED) is 0.767. The fourth-order valence-electron chi connectivity index (χ4n) is 1.41. The Balaban J connectivity index is 2.06. The molecule has 3 nitrogen and oxygen atoms in total. The number of hydrogen-bond acceptors (Lipinski definition) is 3. The molecule has 1 N–H and O–H groups in total. The van der Waals surface area contributed by atoms with Gasteiger partial charge in [0.25, 0.3) is 0 Å². The maximum atomic E-state index is 11.4. The molecule has 0 aliphatic heterocycles. The molecule has 2 rings (SSSR count). The largest absolute Gasteiger partial charge is 0.462 e. The molecule has 1 fully saturated rings. The fraction of sp³-hybridized carbons (Fsp3) is 0.417. The molecular formula is C12H15NO2. The second kappa shape index (κ2) is 4.34. The Morgan fingerprint density at radius 2 is 2.33 bits per heavy atom. The van der Waals surface area contributed by atoms with E-state index in [0.29, 0.717) is 18.2 Å². The molecule has 1 aliphatic rings. The second-order valence-electron chi connectivity index (χ2n) is 3.72. The Labute approximate surface area is 89.4 Å². The molecule has 0 atom stereocenters. The number of ether oxygens (including phenoxy) is 1. The van der Waals surface area contributed by atoms with Crippen LogP contribution in [0.2, 0.25) is 0 Å². The van der Waals surface area contributed by atoms with Crippen molar-refractivity contribution in [3.05, 3.63) is 29.8 Å². The monoisotopic (exact) mass is 205 g/mol. The van der Waals surface area contributed by atoms with Gasteiger partial charge in [0.05, 0.1) is 12.2 Å². The first-order valence-corrected chi connectivity index (χ1v) is 5.33. The molecule has 1 aromatic rings. The number of rotatable bonds is 4. The SMILES string of the molecule is CCOC(=O)c1cccc(NC2CC2)c1. The van der Waals surface area contributed by atoms with Crippen LogP contribution in [0.5, 0.6) is 0 Å². The van der Waals surface area contributed by atoms with Crippen LogP contribution in [0.4, 0.5) is 5.69 Å². The summed E-state index contributed by atoms with van der Waals surface area (Å²) in [6, 6.07) is 8.06. The average molecular weight is 205 g/mol. The summed E-state index contributed by atoms with van der Waals surface area (Å²) in [5, 5.41) is 3.35. The molecule has 1 aliphatic carbocycles. The lowest BCUT2D eigenvalue weighted by Crippen LogP contribution is -2.06. The Hall–Kier alpha value is -1.51. The van der Waals surface area contributed by atoms with Crippen molar-refractivity contribution in [3.8, 4) is 0 Å². The minimum atomic E-state index is -0.253. The fourth-order valence-corrected chi connectivity index (χ4v) is 1.41. The highest BCUT2D eigenvalue weighted by Crippen LogP contribution is 2.25.